The predicted octanol–water partition coefficient (Wildman–Crippen LogP) is 4.65. The van der Waals surface area contributed by atoms with Crippen molar-refractivity contribution in [1.29, 1.82) is 0 Å². The van der Waals surface area contributed by atoms with Crippen LogP contribution in [-0.4, -0.2) is 34.1 Å². The number of fused-ring (bicyclic) bond motifs is 1. The van der Waals surface area contributed by atoms with E-state index in [2.05, 4.69) is 43.6 Å². The summed E-state index contributed by atoms with van der Waals surface area (Å²) in [6, 6.07) is 10.2. The maximum atomic E-state index is 13.3. The number of carbonyl (C=O) groups excluding carboxylic acids is 1. The van der Waals surface area contributed by atoms with Gasteiger partial charge in [-0.2, -0.15) is 0 Å². The fraction of sp³-hybridized carbons (Fsp3) is 0.522. The number of amides is 1. The molecule has 2 aromatic rings. The molecule has 0 bridgehead atoms. The molecule has 0 unspecified atom stereocenters. The third kappa shape index (κ3) is 3.22. The zero-order valence-corrected chi connectivity index (χ0v) is 17.4. The van der Waals surface area contributed by atoms with Crippen molar-refractivity contribution in [3.05, 3.63) is 52.8 Å². The van der Waals surface area contributed by atoms with Crippen molar-refractivity contribution in [3.8, 4) is 0 Å². The largest absolute Gasteiger partial charge is 0.376 e. The predicted molar refractivity (Wildman–Crippen MR) is 112 cm³/mol. The molecule has 0 radical (unpaired) electrons. The third-order valence-corrected chi connectivity index (χ3v) is 6.35. The molecule has 4 rings (SSSR count). The zero-order valence-electron chi connectivity index (χ0n) is 17.4. The number of nitrogens with zero attached hydrogens (tertiary/aromatic N) is 2. The summed E-state index contributed by atoms with van der Waals surface area (Å²) in [6.45, 7) is 10.3. The van der Waals surface area contributed by atoms with E-state index in [9.17, 15) is 4.79 Å². The number of nitrogens with one attached hydrogen (secondary N) is 1. The Kier molecular flexibility index (Phi) is 5.19. The van der Waals surface area contributed by atoms with Gasteiger partial charge in [-0.25, -0.2) is 0 Å². The second-order valence-electron chi connectivity index (χ2n) is 8.13. The normalized spacial score (nSPS) is 22.9. The number of anilines is 1. The second kappa shape index (κ2) is 7.63. The number of aryl methyl sites for hydroxylation is 1. The first kappa shape index (κ1) is 19.1. The Morgan fingerprint density at radius 2 is 2.07 bits per heavy atom. The van der Waals surface area contributed by atoms with E-state index in [4.69, 9.17) is 4.74 Å². The Balaban J connectivity index is 1.73. The lowest BCUT2D eigenvalue weighted by Crippen LogP contribution is -2.47. The van der Waals surface area contributed by atoms with Gasteiger partial charge in [0.1, 0.15) is 6.17 Å². The van der Waals surface area contributed by atoms with Gasteiger partial charge in [0.2, 0.25) is 0 Å². The van der Waals surface area contributed by atoms with Crippen molar-refractivity contribution >= 4 is 11.6 Å². The van der Waals surface area contributed by atoms with Crippen LogP contribution < -0.4 is 5.32 Å². The molecule has 3 heterocycles. The Labute approximate surface area is 167 Å². The van der Waals surface area contributed by atoms with Crippen LogP contribution in [-0.2, 0) is 11.3 Å². The van der Waals surface area contributed by atoms with Crippen LogP contribution >= 0.6 is 0 Å². The minimum Gasteiger partial charge on any atom is -0.376 e. The molecule has 2 aliphatic heterocycles. The summed E-state index contributed by atoms with van der Waals surface area (Å²) < 4.78 is 8.21. The summed E-state index contributed by atoms with van der Waals surface area (Å²) in [6.07, 6.45) is 3.33. The van der Waals surface area contributed by atoms with Gasteiger partial charge in [0, 0.05) is 41.8 Å². The van der Waals surface area contributed by atoms with Crippen LogP contribution in [0.5, 0.6) is 0 Å². The standard InChI is InChI=1S/C23H31N3O2/c1-5-15(2)26-22(24-21-11-7-6-10-19(21)23(26)27)20-13-16(3)25(17(20)4)14-18-9-8-12-28-18/h6-7,10-11,13,15,18,22,24H,5,8-9,12,14H2,1-4H3/t15-,18-,22-/m0/s1. The Morgan fingerprint density at radius 1 is 1.29 bits per heavy atom. The van der Waals surface area contributed by atoms with Gasteiger partial charge in [-0.15, -0.1) is 0 Å². The monoisotopic (exact) mass is 381 g/mol. The molecule has 1 amide bonds. The minimum atomic E-state index is -0.151. The lowest BCUT2D eigenvalue weighted by molar-refractivity contribution is 0.0592. The number of hydrogen-bond donors (Lipinski definition) is 1. The molecule has 1 saturated heterocycles. The van der Waals surface area contributed by atoms with Gasteiger partial charge >= 0.3 is 0 Å². The van der Waals surface area contributed by atoms with Gasteiger partial charge in [0.05, 0.1) is 11.7 Å². The molecular weight excluding hydrogens is 350 g/mol. The van der Waals surface area contributed by atoms with Gasteiger partial charge in [0.25, 0.3) is 5.91 Å². The van der Waals surface area contributed by atoms with Crippen LogP contribution in [0.1, 0.15) is 66.6 Å². The molecule has 1 fully saturated rings. The SMILES string of the molecule is CC[C@H](C)N1C(=O)c2ccccc2N[C@@H]1c1cc(C)n(C[C@@H]2CCCO2)c1C. The lowest BCUT2D eigenvalue weighted by atomic mass is 10.0. The fourth-order valence-corrected chi connectivity index (χ4v) is 4.53. The van der Waals surface area contributed by atoms with Gasteiger partial charge in [-0.3, -0.25) is 4.79 Å². The quantitative estimate of drug-likeness (QED) is 0.820. The average molecular weight is 382 g/mol. The van der Waals surface area contributed by atoms with E-state index < -0.39 is 0 Å². The zero-order chi connectivity index (χ0) is 19.8. The summed E-state index contributed by atoms with van der Waals surface area (Å²) in [5.41, 5.74) is 5.29. The van der Waals surface area contributed by atoms with E-state index in [0.29, 0.717) is 6.10 Å². The summed E-state index contributed by atoms with van der Waals surface area (Å²) in [4.78, 5) is 15.4. The number of rotatable bonds is 5. The summed E-state index contributed by atoms with van der Waals surface area (Å²) in [7, 11) is 0. The van der Waals surface area contributed by atoms with Crippen molar-refractivity contribution in [2.45, 2.75) is 71.8 Å². The minimum absolute atomic E-state index is 0.109. The van der Waals surface area contributed by atoms with E-state index in [1.54, 1.807) is 0 Å². The molecule has 2 aliphatic rings. The van der Waals surface area contributed by atoms with Crippen LogP contribution in [0.4, 0.5) is 5.69 Å². The molecule has 3 atom stereocenters. The molecule has 5 nitrogen and oxygen atoms in total. The molecular formula is C23H31N3O2. The first-order chi connectivity index (χ1) is 13.5. The number of aromatic nitrogens is 1. The fourth-order valence-electron chi connectivity index (χ4n) is 4.53. The van der Waals surface area contributed by atoms with Gasteiger partial charge < -0.3 is 19.5 Å². The Bertz CT molecular complexity index is 867. The lowest BCUT2D eigenvalue weighted by Gasteiger charge is -2.41. The highest BCUT2D eigenvalue weighted by atomic mass is 16.5. The van der Waals surface area contributed by atoms with Gasteiger partial charge in [-0.1, -0.05) is 19.1 Å². The molecule has 0 spiro atoms. The number of carbonyl (C=O) groups is 1. The molecule has 1 aromatic carbocycles. The summed E-state index contributed by atoms with van der Waals surface area (Å²) in [5.74, 6) is 0.109. The van der Waals surface area contributed by atoms with Crippen molar-refractivity contribution in [1.82, 2.24) is 9.47 Å². The maximum absolute atomic E-state index is 13.3. The second-order valence-corrected chi connectivity index (χ2v) is 8.13. The number of para-hydroxylation sites is 1. The maximum Gasteiger partial charge on any atom is 0.258 e. The smallest absolute Gasteiger partial charge is 0.258 e. The first-order valence-corrected chi connectivity index (χ1v) is 10.5. The van der Waals surface area contributed by atoms with Crippen LogP contribution in [0, 0.1) is 13.8 Å². The van der Waals surface area contributed by atoms with E-state index in [-0.39, 0.29) is 18.1 Å². The van der Waals surface area contributed by atoms with Crippen molar-refractivity contribution in [3.63, 3.8) is 0 Å². The highest BCUT2D eigenvalue weighted by Gasteiger charge is 2.37. The van der Waals surface area contributed by atoms with E-state index in [0.717, 1.165) is 43.7 Å². The van der Waals surface area contributed by atoms with E-state index in [1.807, 2.05) is 29.2 Å². The van der Waals surface area contributed by atoms with Gasteiger partial charge in [-0.05, 0) is 58.2 Å². The Hall–Kier alpha value is -2.27. The van der Waals surface area contributed by atoms with Gasteiger partial charge in [0.15, 0.2) is 0 Å². The van der Waals surface area contributed by atoms with Crippen LogP contribution in [0.25, 0.3) is 0 Å². The van der Waals surface area contributed by atoms with Crippen molar-refractivity contribution in [2.24, 2.45) is 0 Å². The molecule has 0 aliphatic carbocycles. The molecule has 150 valence electrons. The average Bonchev–Trinajstić information content (AvgIpc) is 3.31. The summed E-state index contributed by atoms with van der Waals surface area (Å²) >= 11 is 0. The highest BCUT2D eigenvalue weighted by molar-refractivity contribution is 6.01. The molecule has 1 aromatic heterocycles. The number of hydrogen-bond acceptors (Lipinski definition) is 3. The number of benzene rings is 1. The number of ether oxygens (including phenoxy) is 1. The van der Waals surface area contributed by atoms with Crippen molar-refractivity contribution < 1.29 is 9.53 Å². The topological polar surface area (TPSA) is 46.5 Å². The van der Waals surface area contributed by atoms with E-state index >= 15 is 0 Å². The van der Waals surface area contributed by atoms with E-state index in [1.165, 1.54) is 17.0 Å². The molecule has 5 heteroatoms. The first-order valence-electron chi connectivity index (χ1n) is 10.5. The highest BCUT2D eigenvalue weighted by Crippen LogP contribution is 2.37. The molecule has 1 N–H and O–H groups in total. The van der Waals surface area contributed by atoms with Crippen molar-refractivity contribution in [2.75, 3.05) is 11.9 Å². The van der Waals surface area contributed by atoms with Crippen LogP contribution in [0.3, 0.4) is 0 Å². The summed E-state index contributed by atoms with van der Waals surface area (Å²) in [5, 5.41) is 3.64. The molecule has 0 saturated carbocycles. The third-order valence-electron chi connectivity index (χ3n) is 6.35. The Morgan fingerprint density at radius 3 is 2.79 bits per heavy atom. The molecule has 28 heavy (non-hydrogen) atoms. The van der Waals surface area contributed by atoms with Crippen LogP contribution in [0.15, 0.2) is 30.3 Å². The van der Waals surface area contributed by atoms with Crippen LogP contribution in [0.2, 0.25) is 0 Å².